The molecule has 87 heavy (non-hydrogen) atoms. The molecule has 0 spiro atoms. The first-order valence-corrected chi connectivity index (χ1v) is 28.2. The molecule has 0 saturated carbocycles. The maximum absolute atomic E-state index is 17.0. The first-order chi connectivity index (χ1) is 41.3. The molecule has 2 fully saturated rings. The summed E-state index contributed by atoms with van der Waals surface area (Å²) in [5, 5.41) is 0. The van der Waals surface area contributed by atoms with Gasteiger partial charge in [0.15, 0.2) is 49.5 Å². The van der Waals surface area contributed by atoms with Crippen LogP contribution in [0, 0.1) is 0 Å². The van der Waals surface area contributed by atoms with E-state index in [1.807, 2.05) is 0 Å². The molecule has 19 nitrogen and oxygen atoms in total. The number of alkyl halides is 1. The standard InChI is InChI=1S/C60H52FN2O17.F6P/c1-62-32-33-63(37-62)34-46(64)71-35-45-48(76-55(66)39-22-10-3-11-23-39)50(78-57(68)41-26-14-5-15-27-41)52(80-59(70)43-30-18-7-19-31-43)60(74-45)72-36-44-47(75-54(65)38-20-8-2-9-21-38)49(77-56(67)40-24-12-4-13-25-40)51(53(61)73-44)79-58(69)42-28-16-6-17-29-42;1-7(2,3,4,5)6/h2-33,37,44-45,47-53,60H,34-36H2,1H3;/q+1;-1/t44-,45-,47-,48-,49+,50+,51+,52+,53+,60+;/m1./s1. The van der Waals surface area contributed by atoms with Crippen LogP contribution < -0.4 is 4.57 Å². The number of rotatable bonds is 19. The number of hydrogen-bond acceptors (Lipinski definition) is 17. The van der Waals surface area contributed by atoms with Crippen molar-refractivity contribution in [3.05, 3.63) is 234 Å². The SMILES string of the molecule is C[n+]1ccn(CC(=O)OC[C@H]2O[C@H](OC[C@H]3O[C@H](F)[C@@H](OC(=O)c4ccccc4)[C@@H](OC(=O)c4ccccc4)[C@@H]3OC(=O)c3ccccc3)[C@@H](OC(=O)c3ccccc3)[C@@H](OC(=O)c3ccccc3)[C@@H]2OC(=O)c2ccccc2)c1.F[P-](F)(F)(F)(F)F. The molecule has 27 heteroatoms. The molecule has 0 aliphatic carbocycles. The number of carbonyl (C=O) groups is 7. The van der Waals surface area contributed by atoms with Crippen LogP contribution in [0.25, 0.3) is 0 Å². The second-order valence-electron chi connectivity index (χ2n) is 19.2. The Labute approximate surface area is 490 Å². The molecule has 0 radical (unpaired) electrons. The summed E-state index contributed by atoms with van der Waals surface area (Å²) in [4.78, 5) is 97.9. The Kier molecular flexibility index (Phi) is 20.0. The van der Waals surface area contributed by atoms with Gasteiger partial charge in [-0.05, 0) is 72.8 Å². The molecular weight excluding hydrogens is 1180 g/mol. The average Bonchev–Trinajstić information content (AvgIpc) is 1.45. The van der Waals surface area contributed by atoms with Crippen LogP contribution in [0.2, 0.25) is 0 Å². The van der Waals surface area contributed by atoms with Crippen molar-refractivity contribution in [2.45, 2.75) is 68.0 Å². The normalized spacial score (nSPS) is 22.4. The molecule has 2 saturated heterocycles. The summed E-state index contributed by atoms with van der Waals surface area (Å²) < 4.78 is 140. The van der Waals surface area contributed by atoms with Crippen molar-refractivity contribution >= 4 is 49.6 Å². The number of aromatic nitrogens is 2. The van der Waals surface area contributed by atoms with E-state index in [-0.39, 0.29) is 39.9 Å². The van der Waals surface area contributed by atoms with Crippen LogP contribution in [0.5, 0.6) is 0 Å². The van der Waals surface area contributed by atoms with E-state index in [1.54, 1.807) is 140 Å². The summed E-state index contributed by atoms with van der Waals surface area (Å²) in [6, 6.07) is 45.8. The van der Waals surface area contributed by atoms with E-state index in [2.05, 4.69) is 0 Å². The first-order valence-electron chi connectivity index (χ1n) is 26.2. The Balaban J connectivity index is 0.00000132. The van der Waals surface area contributed by atoms with E-state index < -0.39 is 124 Å². The van der Waals surface area contributed by atoms with Crippen LogP contribution in [0.3, 0.4) is 0 Å². The summed E-state index contributed by atoms with van der Waals surface area (Å²) in [5.41, 5.74) is 0.0771. The Morgan fingerprint density at radius 2 is 0.736 bits per heavy atom. The number of esters is 7. The molecule has 9 rings (SSSR count). The molecular formula is C60H52F7N2O17P. The molecule has 458 valence electrons. The molecule has 0 bridgehead atoms. The van der Waals surface area contributed by atoms with Crippen LogP contribution >= 0.6 is 7.81 Å². The van der Waals surface area contributed by atoms with E-state index in [9.17, 15) is 58.7 Å². The fourth-order valence-electron chi connectivity index (χ4n) is 8.70. The maximum atomic E-state index is 17.0. The third-order valence-electron chi connectivity index (χ3n) is 12.7. The average molecular weight is 1240 g/mol. The number of benzene rings is 6. The number of imidazole rings is 1. The first kappa shape index (κ1) is 63.7. The van der Waals surface area contributed by atoms with E-state index >= 15 is 4.39 Å². The van der Waals surface area contributed by atoms with Crippen LogP contribution in [0.15, 0.2) is 201 Å². The monoisotopic (exact) mass is 1240 g/mol. The molecule has 7 aromatic rings. The third-order valence-corrected chi connectivity index (χ3v) is 12.7. The molecule has 0 N–H and O–H groups in total. The van der Waals surface area contributed by atoms with E-state index in [1.165, 1.54) is 77.4 Å². The number of nitrogens with zero attached hydrogens (tertiary/aromatic N) is 2. The summed E-state index contributed by atoms with van der Waals surface area (Å²) in [5.74, 6) is -6.81. The van der Waals surface area contributed by atoms with Gasteiger partial charge in [-0.2, -0.15) is 0 Å². The van der Waals surface area contributed by atoms with Gasteiger partial charge in [0, 0.05) is 0 Å². The van der Waals surface area contributed by atoms with Gasteiger partial charge in [-0.25, -0.2) is 47.1 Å². The van der Waals surface area contributed by atoms with Gasteiger partial charge in [0.25, 0.3) is 0 Å². The summed E-state index contributed by atoms with van der Waals surface area (Å²) >= 11 is 0. The van der Waals surface area contributed by atoms with Crippen molar-refractivity contribution in [1.29, 1.82) is 0 Å². The number of carbonyl (C=O) groups excluding carboxylic acids is 7. The minimum absolute atomic E-state index is 0.00372. The van der Waals surface area contributed by atoms with Crippen LogP contribution in [-0.4, -0.2) is 121 Å². The number of halogens is 7. The summed E-state index contributed by atoms with van der Waals surface area (Å²) in [6.07, 6.45) is -14.4. The summed E-state index contributed by atoms with van der Waals surface area (Å²) in [6.45, 7) is -1.87. The van der Waals surface area contributed by atoms with Crippen LogP contribution in [0.4, 0.5) is 29.6 Å². The minimum atomic E-state index is -10.7. The van der Waals surface area contributed by atoms with Crippen molar-refractivity contribution in [2.24, 2.45) is 7.05 Å². The predicted octanol–water partition coefficient (Wildman–Crippen LogP) is 10.0. The van der Waals surface area contributed by atoms with Crippen molar-refractivity contribution in [2.75, 3.05) is 13.2 Å². The second kappa shape index (κ2) is 27.3. The molecule has 6 aromatic carbocycles. The van der Waals surface area contributed by atoms with Gasteiger partial charge >= 0.3 is 74.8 Å². The molecule has 3 heterocycles. The zero-order valence-electron chi connectivity index (χ0n) is 45.4. The Morgan fingerprint density at radius 1 is 0.437 bits per heavy atom. The van der Waals surface area contributed by atoms with E-state index in [0.717, 1.165) is 0 Å². The van der Waals surface area contributed by atoms with Crippen LogP contribution in [0.1, 0.15) is 62.1 Å². The quantitative estimate of drug-likeness (QED) is 0.0242. The molecule has 2 aliphatic rings. The zero-order valence-corrected chi connectivity index (χ0v) is 46.3. The molecule has 1 aromatic heterocycles. The number of hydrogen-bond donors (Lipinski definition) is 0. The molecule has 10 atom stereocenters. The topological polar surface area (TPSA) is 221 Å². The molecule has 2 aliphatic heterocycles. The fraction of sp³-hybridized carbons (Fsp3) is 0.233. The van der Waals surface area contributed by atoms with Gasteiger partial charge in [0.1, 0.15) is 31.2 Å². The predicted molar refractivity (Wildman–Crippen MR) is 288 cm³/mol. The van der Waals surface area contributed by atoms with Gasteiger partial charge in [-0.1, -0.05) is 109 Å². The molecule has 0 unspecified atom stereocenters. The van der Waals surface area contributed by atoms with Crippen molar-refractivity contribution in [1.82, 2.24) is 4.57 Å². The second-order valence-corrected chi connectivity index (χ2v) is 21.1. The van der Waals surface area contributed by atoms with E-state index in [4.69, 9.17) is 47.4 Å². The Morgan fingerprint density at radius 3 is 1.07 bits per heavy atom. The fourth-order valence-corrected chi connectivity index (χ4v) is 8.70. The van der Waals surface area contributed by atoms with Gasteiger partial charge in [0.05, 0.1) is 47.0 Å². The number of ether oxygens (including phenoxy) is 10. The van der Waals surface area contributed by atoms with Crippen molar-refractivity contribution < 1.29 is 115 Å². The van der Waals surface area contributed by atoms with Gasteiger partial charge < -0.3 is 47.4 Å². The zero-order chi connectivity index (χ0) is 62.4. The summed E-state index contributed by atoms with van der Waals surface area (Å²) in [7, 11) is -8.91. The van der Waals surface area contributed by atoms with Crippen molar-refractivity contribution in [3.63, 3.8) is 0 Å². The van der Waals surface area contributed by atoms with Gasteiger partial charge in [0.2, 0.25) is 12.7 Å². The number of aryl methyl sites for hydroxylation is 1. The van der Waals surface area contributed by atoms with Gasteiger partial charge in [-0.3, -0.25) is 0 Å². The molecule has 0 amide bonds. The third kappa shape index (κ3) is 19.1. The van der Waals surface area contributed by atoms with Crippen molar-refractivity contribution in [3.8, 4) is 0 Å². The Bertz CT molecular complexity index is 3480. The van der Waals surface area contributed by atoms with E-state index in [0.29, 0.717) is 0 Å². The Hall–Kier alpha value is -9.36. The van der Waals surface area contributed by atoms with Crippen LogP contribution in [-0.2, 0) is 65.8 Å². The van der Waals surface area contributed by atoms with Gasteiger partial charge in [-0.15, -0.1) is 0 Å².